The molecule has 0 unspecified atom stereocenters. The molecule has 0 atom stereocenters. The first kappa shape index (κ1) is 24.6. The first-order valence-corrected chi connectivity index (χ1v) is 12.9. The summed E-state index contributed by atoms with van der Waals surface area (Å²) >= 11 is 0. The Kier molecular flexibility index (Phi) is 7.33. The molecular formula is C27H28N2O5S. The van der Waals surface area contributed by atoms with Crippen molar-refractivity contribution in [2.45, 2.75) is 18.7 Å². The Morgan fingerprint density at radius 3 is 2.29 bits per heavy atom. The molecule has 0 bridgehead atoms. The number of benzene rings is 3. The molecule has 8 heteroatoms. The zero-order valence-electron chi connectivity index (χ0n) is 19.8. The molecular weight excluding hydrogens is 464 g/mol. The highest BCUT2D eigenvalue weighted by Gasteiger charge is 2.29. The van der Waals surface area contributed by atoms with Crippen LogP contribution in [0.15, 0.2) is 77.7 Å². The maximum Gasteiger partial charge on any atom is 0.338 e. The van der Waals surface area contributed by atoms with E-state index in [1.165, 1.54) is 28.6 Å². The van der Waals surface area contributed by atoms with Crippen molar-refractivity contribution in [1.29, 1.82) is 0 Å². The molecule has 4 rings (SSSR count). The minimum Gasteiger partial charge on any atom is -0.454 e. The fourth-order valence-corrected chi connectivity index (χ4v) is 5.56. The third-order valence-electron chi connectivity index (χ3n) is 6.10. The second kappa shape index (κ2) is 10.4. The summed E-state index contributed by atoms with van der Waals surface area (Å²) in [5.41, 5.74) is 3.39. The van der Waals surface area contributed by atoms with E-state index >= 15 is 0 Å². The summed E-state index contributed by atoms with van der Waals surface area (Å²) < 4.78 is 33.1. The lowest BCUT2D eigenvalue weighted by Crippen LogP contribution is -2.48. The van der Waals surface area contributed by atoms with Gasteiger partial charge in [0, 0.05) is 37.4 Å². The van der Waals surface area contributed by atoms with Crippen LogP contribution in [-0.2, 0) is 14.8 Å². The number of carbonyl (C=O) groups excluding carboxylic acids is 2. The van der Waals surface area contributed by atoms with Gasteiger partial charge >= 0.3 is 5.97 Å². The molecule has 7 nitrogen and oxygen atoms in total. The molecule has 3 aromatic carbocycles. The summed E-state index contributed by atoms with van der Waals surface area (Å²) in [6.45, 7) is 5.13. The Balaban J connectivity index is 1.41. The van der Waals surface area contributed by atoms with Crippen LogP contribution in [0.1, 0.15) is 31.8 Å². The summed E-state index contributed by atoms with van der Waals surface area (Å²) in [7, 11) is -3.78. The lowest BCUT2D eigenvalue weighted by molar-refractivity contribution is 0.0474. The molecule has 0 spiro atoms. The van der Waals surface area contributed by atoms with E-state index in [0.717, 1.165) is 16.8 Å². The van der Waals surface area contributed by atoms with Gasteiger partial charge in [0.05, 0.1) is 10.5 Å². The van der Waals surface area contributed by atoms with Gasteiger partial charge in [-0.25, -0.2) is 13.2 Å². The van der Waals surface area contributed by atoms with Crippen molar-refractivity contribution in [3.63, 3.8) is 0 Å². The molecule has 1 fully saturated rings. The third-order valence-corrected chi connectivity index (χ3v) is 7.99. The van der Waals surface area contributed by atoms with Gasteiger partial charge in [-0.15, -0.1) is 0 Å². The highest BCUT2D eigenvalue weighted by atomic mass is 32.2. The molecule has 0 amide bonds. The fraction of sp³-hybridized carbons (Fsp3) is 0.259. The highest BCUT2D eigenvalue weighted by Crippen LogP contribution is 2.22. The standard InChI is InChI=1S/C27H28N2O5S/c1-20-11-12-21(2)25(17-20)26(30)19-34-27(31)22-7-6-10-24(18-22)35(32,33)29-15-13-28(14-16-29)23-8-4-3-5-9-23/h3-12,17-18H,13-16,19H2,1-2H3. The fourth-order valence-electron chi connectivity index (χ4n) is 4.09. The number of hydrogen-bond acceptors (Lipinski definition) is 6. The van der Waals surface area contributed by atoms with E-state index < -0.39 is 22.6 Å². The number of ether oxygens (including phenoxy) is 1. The van der Waals surface area contributed by atoms with Crippen LogP contribution < -0.4 is 4.90 Å². The van der Waals surface area contributed by atoms with Gasteiger partial charge in [-0.1, -0.05) is 42.0 Å². The normalized spacial score (nSPS) is 14.5. The summed E-state index contributed by atoms with van der Waals surface area (Å²) in [4.78, 5) is 27.3. The van der Waals surface area contributed by atoms with E-state index in [0.29, 0.717) is 31.7 Å². The van der Waals surface area contributed by atoms with Crippen LogP contribution in [0.5, 0.6) is 0 Å². The summed E-state index contributed by atoms with van der Waals surface area (Å²) in [5, 5.41) is 0. The maximum absolute atomic E-state index is 13.2. The minimum absolute atomic E-state index is 0.0287. The molecule has 0 aromatic heterocycles. The second-order valence-electron chi connectivity index (χ2n) is 8.57. The minimum atomic E-state index is -3.78. The van der Waals surface area contributed by atoms with Crippen molar-refractivity contribution in [3.8, 4) is 0 Å². The number of aryl methyl sites for hydroxylation is 2. The monoisotopic (exact) mass is 492 g/mol. The molecule has 0 N–H and O–H groups in total. The number of Topliss-reactive ketones (excluding diaryl/α,β-unsaturated/α-hetero) is 1. The Labute approximate surface area is 206 Å². The van der Waals surface area contributed by atoms with Gasteiger partial charge in [0.25, 0.3) is 0 Å². The van der Waals surface area contributed by atoms with Crippen LogP contribution in [0.25, 0.3) is 0 Å². The Morgan fingerprint density at radius 2 is 1.57 bits per heavy atom. The molecule has 182 valence electrons. The zero-order chi connectivity index (χ0) is 25.0. The summed E-state index contributed by atoms with van der Waals surface area (Å²) in [6, 6.07) is 21.2. The molecule has 1 aliphatic rings. The number of esters is 1. The van der Waals surface area contributed by atoms with Gasteiger partial charge in [0.15, 0.2) is 6.61 Å². The van der Waals surface area contributed by atoms with Gasteiger partial charge in [0.1, 0.15) is 0 Å². The molecule has 0 saturated carbocycles. The van der Waals surface area contributed by atoms with E-state index in [4.69, 9.17) is 4.74 Å². The Morgan fingerprint density at radius 1 is 0.857 bits per heavy atom. The van der Waals surface area contributed by atoms with Crippen molar-refractivity contribution in [2.24, 2.45) is 0 Å². The second-order valence-corrected chi connectivity index (χ2v) is 10.5. The van der Waals surface area contributed by atoms with E-state index in [-0.39, 0.29) is 16.2 Å². The third kappa shape index (κ3) is 5.61. The van der Waals surface area contributed by atoms with Crippen LogP contribution in [0, 0.1) is 13.8 Å². The maximum atomic E-state index is 13.2. The number of carbonyl (C=O) groups is 2. The predicted molar refractivity (Wildman–Crippen MR) is 134 cm³/mol. The SMILES string of the molecule is Cc1ccc(C)c(C(=O)COC(=O)c2cccc(S(=O)(=O)N3CCN(c4ccccc4)CC3)c2)c1. The van der Waals surface area contributed by atoms with Crippen molar-refractivity contribution in [3.05, 3.63) is 95.1 Å². The number of nitrogens with zero attached hydrogens (tertiary/aromatic N) is 2. The summed E-state index contributed by atoms with van der Waals surface area (Å²) in [6.07, 6.45) is 0. The topological polar surface area (TPSA) is 84.0 Å². The lowest BCUT2D eigenvalue weighted by atomic mass is 10.0. The van der Waals surface area contributed by atoms with E-state index in [2.05, 4.69) is 4.90 Å². The van der Waals surface area contributed by atoms with Crippen LogP contribution in [0.3, 0.4) is 0 Å². The molecule has 0 aliphatic carbocycles. The van der Waals surface area contributed by atoms with Crippen LogP contribution in [0.4, 0.5) is 5.69 Å². The average molecular weight is 493 g/mol. The number of anilines is 1. The highest BCUT2D eigenvalue weighted by molar-refractivity contribution is 7.89. The average Bonchev–Trinajstić information content (AvgIpc) is 2.89. The van der Waals surface area contributed by atoms with Gasteiger partial charge in [-0.05, 0) is 55.8 Å². The summed E-state index contributed by atoms with van der Waals surface area (Å²) in [5.74, 6) is -1.05. The van der Waals surface area contributed by atoms with Gasteiger partial charge in [0.2, 0.25) is 15.8 Å². The number of para-hydroxylation sites is 1. The molecule has 1 aliphatic heterocycles. The van der Waals surface area contributed by atoms with Gasteiger partial charge < -0.3 is 9.64 Å². The Bertz CT molecular complexity index is 1330. The lowest BCUT2D eigenvalue weighted by Gasteiger charge is -2.35. The predicted octanol–water partition coefficient (Wildman–Crippen LogP) is 3.85. The number of sulfonamides is 1. The molecule has 1 saturated heterocycles. The van der Waals surface area contributed by atoms with Gasteiger partial charge in [-0.2, -0.15) is 4.31 Å². The largest absolute Gasteiger partial charge is 0.454 e. The first-order valence-electron chi connectivity index (χ1n) is 11.4. The van der Waals surface area contributed by atoms with Crippen molar-refractivity contribution >= 4 is 27.5 Å². The molecule has 3 aromatic rings. The molecule has 35 heavy (non-hydrogen) atoms. The number of ketones is 1. The van der Waals surface area contributed by atoms with Crippen LogP contribution >= 0.6 is 0 Å². The molecule has 1 heterocycles. The quantitative estimate of drug-likeness (QED) is 0.368. The van der Waals surface area contributed by atoms with Gasteiger partial charge in [-0.3, -0.25) is 4.79 Å². The molecule has 0 radical (unpaired) electrons. The van der Waals surface area contributed by atoms with E-state index in [1.54, 1.807) is 6.07 Å². The van der Waals surface area contributed by atoms with Crippen molar-refractivity contribution < 1.29 is 22.7 Å². The Hall–Kier alpha value is -3.49. The van der Waals surface area contributed by atoms with Crippen molar-refractivity contribution in [1.82, 2.24) is 4.31 Å². The first-order chi connectivity index (χ1) is 16.8. The van der Waals surface area contributed by atoms with E-state index in [9.17, 15) is 18.0 Å². The zero-order valence-corrected chi connectivity index (χ0v) is 20.6. The van der Waals surface area contributed by atoms with Crippen LogP contribution in [-0.4, -0.2) is 57.3 Å². The number of piperazine rings is 1. The number of rotatable bonds is 7. The van der Waals surface area contributed by atoms with E-state index in [1.807, 2.05) is 56.3 Å². The smallest absolute Gasteiger partial charge is 0.338 e. The van der Waals surface area contributed by atoms with Crippen molar-refractivity contribution in [2.75, 3.05) is 37.7 Å². The number of hydrogen-bond donors (Lipinski definition) is 0. The van der Waals surface area contributed by atoms with Crippen LogP contribution in [0.2, 0.25) is 0 Å².